The molecule has 2 N–H and O–H groups in total. The number of rotatable bonds is 5. The molecule has 0 saturated heterocycles. The van der Waals surface area contributed by atoms with E-state index in [1.165, 1.54) is 32.4 Å². The summed E-state index contributed by atoms with van der Waals surface area (Å²) in [5.41, 5.74) is 0.442. The van der Waals surface area contributed by atoms with Crippen LogP contribution < -0.4 is 15.4 Å². The molecule has 0 unspecified atom stereocenters. The molecule has 26 heavy (non-hydrogen) atoms. The van der Waals surface area contributed by atoms with Crippen molar-refractivity contribution in [2.24, 2.45) is 4.99 Å². The van der Waals surface area contributed by atoms with Gasteiger partial charge in [0.2, 0.25) is 0 Å². The van der Waals surface area contributed by atoms with Crippen LogP contribution >= 0.6 is 0 Å². The van der Waals surface area contributed by atoms with E-state index in [1.54, 1.807) is 12.1 Å². The second-order valence-corrected chi connectivity index (χ2v) is 5.45. The summed E-state index contributed by atoms with van der Waals surface area (Å²) >= 11 is 0. The van der Waals surface area contributed by atoms with Gasteiger partial charge in [0, 0.05) is 20.1 Å². The summed E-state index contributed by atoms with van der Waals surface area (Å²) < 4.78 is 56.7. The molecule has 0 aliphatic rings. The average molecular weight is 369 g/mol. The van der Waals surface area contributed by atoms with E-state index in [9.17, 15) is 17.6 Å². The first-order chi connectivity index (χ1) is 12.3. The SMILES string of the molecule is CN=C(NCc1cccc(C(F)(F)F)c1)NCc1ccc(OC)c(F)c1. The van der Waals surface area contributed by atoms with E-state index in [2.05, 4.69) is 15.6 Å². The Morgan fingerprint density at radius 1 is 1.04 bits per heavy atom. The molecule has 140 valence electrons. The number of guanidine groups is 1. The van der Waals surface area contributed by atoms with Crippen LogP contribution in [0, 0.1) is 5.82 Å². The molecule has 8 heteroatoms. The highest BCUT2D eigenvalue weighted by atomic mass is 19.4. The van der Waals surface area contributed by atoms with Crippen molar-refractivity contribution in [2.75, 3.05) is 14.2 Å². The average Bonchev–Trinajstić information content (AvgIpc) is 2.61. The van der Waals surface area contributed by atoms with Crippen LogP contribution in [-0.2, 0) is 19.3 Å². The molecule has 0 atom stereocenters. The molecule has 0 spiro atoms. The highest BCUT2D eigenvalue weighted by Gasteiger charge is 2.30. The lowest BCUT2D eigenvalue weighted by Crippen LogP contribution is -2.36. The standard InChI is InChI=1S/C18H19F4N3O/c1-23-17(25-11-13-6-7-16(26-2)15(19)9-13)24-10-12-4-3-5-14(8-12)18(20,21)22/h3-9H,10-11H2,1-2H3,(H2,23,24,25). The van der Waals surface area contributed by atoms with Gasteiger partial charge < -0.3 is 15.4 Å². The quantitative estimate of drug-likeness (QED) is 0.480. The summed E-state index contributed by atoms with van der Waals surface area (Å²) in [6, 6.07) is 9.62. The first-order valence-electron chi connectivity index (χ1n) is 7.76. The Balaban J connectivity index is 1.93. The van der Waals surface area contributed by atoms with Crippen molar-refractivity contribution in [3.8, 4) is 5.75 Å². The lowest BCUT2D eigenvalue weighted by Gasteiger charge is -2.13. The smallest absolute Gasteiger partial charge is 0.416 e. The summed E-state index contributed by atoms with van der Waals surface area (Å²) in [5.74, 6) is 0.0677. The summed E-state index contributed by atoms with van der Waals surface area (Å²) in [5, 5.41) is 5.90. The van der Waals surface area contributed by atoms with E-state index in [0.717, 1.165) is 12.1 Å². The molecular formula is C18H19F4N3O. The fraction of sp³-hybridized carbons (Fsp3) is 0.278. The molecule has 0 aromatic heterocycles. The minimum atomic E-state index is -4.38. The molecule has 0 aliphatic carbocycles. The Kier molecular flexibility index (Phi) is 6.43. The maximum atomic E-state index is 13.7. The highest BCUT2D eigenvalue weighted by molar-refractivity contribution is 5.79. The van der Waals surface area contributed by atoms with Crippen molar-refractivity contribution in [3.05, 3.63) is 65.0 Å². The van der Waals surface area contributed by atoms with Gasteiger partial charge in [0.15, 0.2) is 17.5 Å². The minimum absolute atomic E-state index is 0.154. The van der Waals surface area contributed by atoms with Crippen molar-refractivity contribution in [1.82, 2.24) is 10.6 Å². The van der Waals surface area contributed by atoms with Crippen molar-refractivity contribution < 1.29 is 22.3 Å². The Morgan fingerprint density at radius 3 is 2.23 bits per heavy atom. The lowest BCUT2D eigenvalue weighted by molar-refractivity contribution is -0.137. The number of halogens is 4. The first kappa shape index (κ1) is 19.6. The van der Waals surface area contributed by atoms with Gasteiger partial charge in [-0.1, -0.05) is 18.2 Å². The van der Waals surface area contributed by atoms with E-state index >= 15 is 0 Å². The number of nitrogens with one attached hydrogen (secondary N) is 2. The zero-order chi connectivity index (χ0) is 19.2. The Labute approximate surface area is 148 Å². The molecule has 2 aromatic carbocycles. The molecule has 0 aliphatic heterocycles. The van der Waals surface area contributed by atoms with Crippen molar-refractivity contribution >= 4 is 5.96 Å². The predicted molar refractivity (Wildman–Crippen MR) is 91.4 cm³/mol. The van der Waals surface area contributed by atoms with Crippen LogP contribution in [0.4, 0.5) is 17.6 Å². The number of hydrogen-bond acceptors (Lipinski definition) is 2. The Morgan fingerprint density at radius 2 is 1.69 bits per heavy atom. The Hall–Kier alpha value is -2.77. The van der Waals surface area contributed by atoms with E-state index < -0.39 is 17.6 Å². The van der Waals surface area contributed by atoms with Crippen LogP contribution in [0.3, 0.4) is 0 Å². The number of alkyl halides is 3. The number of ether oxygens (including phenoxy) is 1. The Bertz CT molecular complexity index is 775. The second-order valence-electron chi connectivity index (χ2n) is 5.45. The van der Waals surface area contributed by atoms with Crippen molar-refractivity contribution in [1.29, 1.82) is 0 Å². The van der Waals surface area contributed by atoms with Crippen LogP contribution in [0.2, 0.25) is 0 Å². The summed E-state index contributed by atoms with van der Waals surface area (Å²) in [6.45, 7) is 0.462. The van der Waals surface area contributed by atoms with Gasteiger partial charge in [0.25, 0.3) is 0 Å². The fourth-order valence-electron chi connectivity index (χ4n) is 2.27. The number of hydrogen-bond donors (Lipinski definition) is 2. The van der Waals surface area contributed by atoms with E-state index in [4.69, 9.17) is 4.74 Å². The summed E-state index contributed by atoms with van der Waals surface area (Å²) in [7, 11) is 2.92. The van der Waals surface area contributed by atoms with Crippen molar-refractivity contribution in [2.45, 2.75) is 19.3 Å². The van der Waals surface area contributed by atoms with Gasteiger partial charge in [-0.15, -0.1) is 0 Å². The molecule has 0 fully saturated rings. The predicted octanol–water partition coefficient (Wildman–Crippen LogP) is 3.72. The molecule has 0 radical (unpaired) electrons. The molecule has 0 saturated carbocycles. The zero-order valence-corrected chi connectivity index (χ0v) is 14.3. The maximum Gasteiger partial charge on any atom is 0.416 e. The van der Waals surface area contributed by atoms with Crippen LogP contribution in [0.15, 0.2) is 47.5 Å². The van der Waals surface area contributed by atoms with Gasteiger partial charge in [0.05, 0.1) is 12.7 Å². The molecular weight excluding hydrogens is 350 g/mol. The minimum Gasteiger partial charge on any atom is -0.494 e. The van der Waals surface area contributed by atoms with Crippen LogP contribution in [-0.4, -0.2) is 20.1 Å². The second kappa shape index (κ2) is 8.55. The third kappa shape index (κ3) is 5.37. The summed E-state index contributed by atoms with van der Waals surface area (Å²) in [6.07, 6.45) is -4.38. The van der Waals surface area contributed by atoms with Crippen LogP contribution in [0.5, 0.6) is 5.75 Å². The lowest BCUT2D eigenvalue weighted by atomic mass is 10.1. The molecule has 0 heterocycles. The van der Waals surface area contributed by atoms with Crippen LogP contribution in [0.1, 0.15) is 16.7 Å². The number of nitrogens with zero attached hydrogens (tertiary/aromatic N) is 1. The van der Waals surface area contributed by atoms with E-state index in [-0.39, 0.29) is 12.3 Å². The van der Waals surface area contributed by atoms with Gasteiger partial charge in [-0.3, -0.25) is 4.99 Å². The monoisotopic (exact) mass is 369 g/mol. The van der Waals surface area contributed by atoms with Gasteiger partial charge in [-0.05, 0) is 35.4 Å². The number of benzene rings is 2. The highest BCUT2D eigenvalue weighted by Crippen LogP contribution is 2.29. The third-order valence-electron chi connectivity index (χ3n) is 3.61. The fourth-order valence-corrected chi connectivity index (χ4v) is 2.27. The number of methoxy groups -OCH3 is 1. The molecule has 2 aromatic rings. The van der Waals surface area contributed by atoms with Gasteiger partial charge in [0.1, 0.15) is 0 Å². The molecule has 0 amide bonds. The molecule has 2 rings (SSSR count). The maximum absolute atomic E-state index is 13.7. The molecule has 0 bridgehead atoms. The van der Waals surface area contributed by atoms with E-state index in [0.29, 0.717) is 23.6 Å². The largest absolute Gasteiger partial charge is 0.494 e. The van der Waals surface area contributed by atoms with Gasteiger partial charge in [-0.25, -0.2) is 4.39 Å². The summed E-state index contributed by atoms with van der Waals surface area (Å²) in [4.78, 5) is 4.00. The zero-order valence-electron chi connectivity index (χ0n) is 14.3. The number of aliphatic imine (C=N–C) groups is 1. The first-order valence-corrected chi connectivity index (χ1v) is 7.76. The topological polar surface area (TPSA) is 45.7 Å². The van der Waals surface area contributed by atoms with E-state index in [1.807, 2.05) is 0 Å². The van der Waals surface area contributed by atoms with Gasteiger partial charge >= 0.3 is 6.18 Å². The normalized spacial score (nSPS) is 12.0. The van der Waals surface area contributed by atoms with Crippen LogP contribution in [0.25, 0.3) is 0 Å². The third-order valence-corrected chi connectivity index (χ3v) is 3.61. The van der Waals surface area contributed by atoms with Crippen molar-refractivity contribution in [3.63, 3.8) is 0 Å². The molecule has 4 nitrogen and oxygen atoms in total. The van der Waals surface area contributed by atoms with Gasteiger partial charge in [-0.2, -0.15) is 13.2 Å².